The molecule has 3 aromatic rings. The molecule has 2 N–H and O–H groups in total. The van der Waals surface area contributed by atoms with E-state index in [2.05, 4.69) is 15.8 Å². The molecule has 1 aliphatic heterocycles. The molecule has 1 saturated heterocycles. The molecule has 0 bridgehead atoms. The number of fused-ring (bicyclic) bond motifs is 1. The van der Waals surface area contributed by atoms with Crippen molar-refractivity contribution in [2.45, 2.75) is 18.7 Å². The van der Waals surface area contributed by atoms with Gasteiger partial charge in [-0.15, -0.1) is 0 Å². The van der Waals surface area contributed by atoms with Gasteiger partial charge in [0.25, 0.3) is 0 Å². The number of aromatic nitrogens is 1. The fourth-order valence-electron chi connectivity index (χ4n) is 3.91. The number of sulfonamides is 1. The van der Waals surface area contributed by atoms with Crippen LogP contribution in [0.5, 0.6) is 0 Å². The summed E-state index contributed by atoms with van der Waals surface area (Å²) in [6.45, 7) is 5.56. The Kier molecular flexibility index (Phi) is 6.80. The lowest BCUT2D eigenvalue weighted by Gasteiger charge is -2.26. The van der Waals surface area contributed by atoms with Crippen molar-refractivity contribution >= 4 is 50.2 Å². The van der Waals surface area contributed by atoms with E-state index < -0.39 is 10.0 Å². The fraction of sp³-hybridized carbons (Fsp3) is 0.304. The summed E-state index contributed by atoms with van der Waals surface area (Å²) in [6.07, 6.45) is 3.55. The van der Waals surface area contributed by atoms with Crippen LogP contribution in [0.1, 0.15) is 16.7 Å². The number of hydrogen-bond donors (Lipinski definition) is 2. The topological polar surface area (TPSA) is 88.0 Å². The maximum absolute atomic E-state index is 13.1. The van der Waals surface area contributed by atoms with Crippen molar-refractivity contribution in [3.8, 4) is 0 Å². The molecule has 0 radical (unpaired) electrons. The second-order valence-corrected chi connectivity index (χ2v) is 10.3. The van der Waals surface area contributed by atoms with Crippen LogP contribution in [-0.4, -0.2) is 54.9 Å². The van der Waals surface area contributed by atoms with E-state index in [1.165, 1.54) is 4.31 Å². The molecular formula is C23H27N5O3S2. The first-order valence-electron chi connectivity index (χ1n) is 10.6. The molecule has 0 aliphatic carbocycles. The Labute approximate surface area is 199 Å². The Morgan fingerprint density at radius 3 is 2.55 bits per heavy atom. The number of morpholine rings is 1. The molecule has 10 heteroatoms. The Hall–Kier alpha value is -2.79. The van der Waals surface area contributed by atoms with Gasteiger partial charge in [0.1, 0.15) is 0 Å². The number of anilines is 1. The predicted octanol–water partition coefficient (Wildman–Crippen LogP) is 3.14. The van der Waals surface area contributed by atoms with Gasteiger partial charge in [-0.2, -0.15) is 9.41 Å². The summed E-state index contributed by atoms with van der Waals surface area (Å²) in [4.78, 5) is 0.262. The van der Waals surface area contributed by atoms with E-state index in [0.29, 0.717) is 31.4 Å². The second kappa shape index (κ2) is 9.60. The van der Waals surface area contributed by atoms with Gasteiger partial charge in [-0.3, -0.25) is 5.43 Å². The summed E-state index contributed by atoms with van der Waals surface area (Å²) < 4.78 is 34.8. The minimum absolute atomic E-state index is 0.262. The van der Waals surface area contributed by atoms with Crippen molar-refractivity contribution in [3.05, 3.63) is 59.3 Å². The second-order valence-electron chi connectivity index (χ2n) is 7.98. The van der Waals surface area contributed by atoms with Crippen LogP contribution >= 0.6 is 12.2 Å². The lowest BCUT2D eigenvalue weighted by Crippen LogP contribution is -2.40. The summed E-state index contributed by atoms with van der Waals surface area (Å²) in [5.41, 5.74) is 7.67. The summed E-state index contributed by atoms with van der Waals surface area (Å²) in [5, 5.41) is 8.62. The van der Waals surface area contributed by atoms with Gasteiger partial charge >= 0.3 is 0 Å². The summed E-state index contributed by atoms with van der Waals surface area (Å²) in [5.74, 6) is 0. The average Bonchev–Trinajstić information content (AvgIpc) is 3.12. The molecule has 0 unspecified atom stereocenters. The standard InChI is InChI=1S/C23H27N5O3S2/c1-16-5-4-6-17(2)22(16)25-23(32)26-24-14-18-15-27(3)21-8-7-19(13-20(18)21)33(29,30)28-9-11-31-12-10-28/h4-8,13-15H,9-12H2,1-3H3,(H2,25,26,32)/b24-14-. The van der Waals surface area contributed by atoms with Gasteiger partial charge in [0.15, 0.2) is 5.11 Å². The molecular weight excluding hydrogens is 458 g/mol. The molecule has 0 spiro atoms. The zero-order valence-corrected chi connectivity index (χ0v) is 20.5. The highest BCUT2D eigenvalue weighted by Crippen LogP contribution is 2.25. The van der Waals surface area contributed by atoms with Crippen molar-refractivity contribution < 1.29 is 13.2 Å². The van der Waals surface area contributed by atoms with E-state index in [0.717, 1.165) is 33.3 Å². The monoisotopic (exact) mass is 485 g/mol. The first-order valence-corrected chi connectivity index (χ1v) is 12.5. The van der Waals surface area contributed by atoms with Crippen LogP contribution in [0.3, 0.4) is 0 Å². The molecule has 1 aliphatic rings. The van der Waals surface area contributed by atoms with Gasteiger partial charge in [0, 0.05) is 48.5 Å². The molecule has 33 heavy (non-hydrogen) atoms. The van der Waals surface area contributed by atoms with Gasteiger partial charge in [-0.25, -0.2) is 8.42 Å². The molecule has 4 rings (SSSR count). The Bertz CT molecular complexity index is 1310. The van der Waals surface area contributed by atoms with Crippen LogP contribution in [0.25, 0.3) is 10.9 Å². The number of aryl methyl sites for hydroxylation is 3. The van der Waals surface area contributed by atoms with E-state index >= 15 is 0 Å². The van der Waals surface area contributed by atoms with E-state index in [1.807, 2.05) is 55.9 Å². The number of benzene rings is 2. The van der Waals surface area contributed by atoms with Gasteiger partial charge in [-0.05, 0) is 55.4 Å². The van der Waals surface area contributed by atoms with Crippen LogP contribution < -0.4 is 10.7 Å². The van der Waals surface area contributed by atoms with Crippen molar-refractivity contribution in [3.63, 3.8) is 0 Å². The Morgan fingerprint density at radius 1 is 1.15 bits per heavy atom. The number of rotatable bonds is 5. The Morgan fingerprint density at radius 2 is 1.85 bits per heavy atom. The smallest absolute Gasteiger partial charge is 0.243 e. The normalized spacial score (nSPS) is 15.2. The first-order chi connectivity index (χ1) is 15.8. The lowest BCUT2D eigenvalue weighted by atomic mass is 10.1. The molecule has 0 saturated carbocycles. The van der Waals surface area contributed by atoms with Gasteiger partial charge in [0.05, 0.1) is 24.3 Å². The van der Waals surface area contributed by atoms with Crippen molar-refractivity contribution in [2.24, 2.45) is 12.1 Å². The van der Waals surface area contributed by atoms with Crippen LogP contribution in [-0.2, 0) is 21.8 Å². The third-order valence-corrected chi connectivity index (χ3v) is 7.78. The van der Waals surface area contributed by atoms with E-state index in [9.17, 15) is 8.42 Å². The van der Waals surface area contributed by atoms with Crippen LogP contribution in [0.15, 0.2) is 52.6 Å². The minimum atomic E-state index is -3.58. The summed E-state index contributed by atoms with van der Waals surface area (Å²) in [6, 6.07) is 11.2. The predicted molar refractivity (Wildman–Crippen MR) is 135 cm³/mol. The number of ether oxygens (including phenoxy) is 1. The Balaban J connectivity index is 1.54. The molecule has 8 nitrogen and oxygen atoms in total. The average molecular weight is 486 g/mol. The molecule has 2 heterocycles. The van der Waals surface area contributed by atoms with E-state index in [-0.39, 0.29) is 4.90 Å². The van der Waals surface area contributed by atoms with E-state index in [1.54, 1.807) is 18.3 Å². The summed E-state index contributed by atoms with van der Waals surface area (Å²) in [7, 11) is -1.67. The number of nitrogens with one attached hydrogen (secondary N) is 2. The van der Waals surface area contributed by atoms with Crippen LogP contribution in [0, 0.1) is 13.8 Å². The molecule has 0 atom stereocenters. The molecule has 1 aromatic heterocycles. The highest BCUT2D eigenvalue weighted by Gasteiger charge is 2.26. The van der Waals surface area contributed by atoms with Crippen molar-refractivity contribution in [2.75, 3.05) is 31.6 Å². The van der Waals surface area contributed by atoms with Crippen LogP contribution in [0.4, 0.5) is 5.69 Å². The SMILES string of the molecule is Cc1cccc(C)c1NC(=S)N/N=C\c1cn(C)c2ccc(S(=O)(=O)N3CCOCC3)cc12. The van der Waals surface area contributed by atoms with Gasteiger partial charge in [0.2, 0.25) is 10.0 Å². The van der Waals surface area contributed by atoms with Crippen molar-refractivity contribution in [1.82, 2.24) is 14.3 Å². The quantitative estimate of drug-likeness (QED) is 0.328. The number of hydrazone groups is 1. The molecule has 0 amide bonds. The molecule has 174 valence electrons. The zero-order chi connectivity index (χ0) is 23.6. The fourth-order valence-corrected chi connectivity index (χ4v) is 5.50. The number of thiocarbonyl (C=S) groups is 1. The summed E-state index contributed by atoms with van der Waals surface area (Å²) >= 11 is 5.38. The third kappa shape index (κ3) is 4.93. The minimum Gasteiger partial charge on any atom is -0.379 e. The third-order valence-electron chi connectivity index (χ3n) is 5.69. The first kappa shape index (κ1) is 23.4. The zero-order valence-electron chi connectivity index (χ0n) is 18.8. The maximum atomic E-state index is 13.1. The van der Waals surface area contributed by atoms with Gasteiger partial charge < -0.3 is 14.6 Å². The highest BCUT2D eigenvalue weighted by molar-refractivity contribution is 7.89. The molecule has 2 aromatic carbocycles. The number of hydrogen-bond acceptors (Lipinski definition) is 5. The number of para-hydroxylation sites is 1. The van der Waals surface area contributed by atoms with Crippen molar-refractivity contribution in [1.29, 1.82) is 0 Å². The molecule has 1 fully saturated rings. The van der Waals surface area contributed by atoms with Gasteiger partial charge in [-0.1, -0.05) is 18.2 Å². The lowest BCUT2D eigenvalue weighted by molar-refractivity contribution is 0.0730. The maximum Gasteiger partial charge on any atom is 0.243 e. The largest absolute Gasteiger partial charge is 0.379 e. The highest BCUT2D eigenvalue weighted by atomic mass is 32.2. The van der Waals surface area contributed by atoms with Crippen LogP contribution in [0.2, 0.25) is 0 Å². The van der Waals surface area contributed by atoms with E-state index in [4.69, 9.17) is 17.0 Å². The number of nitrogens with zero attached hydrogens (tertiary/aromatic N) is 3.